The molecule has 2 aromatic rings. The highest BCUT2D eigenvalue weighted by Gasteiger charge is 2.13. The standard InChI is InChI=1S/C15H19NOS/c1-3-16(13-7-4-6-12(2)10-13)11-14(17)15-8-5-9-18-15/h4-10,14,17H,3,11H2,1-2H3. The molecule has 1 atom stereocenters. The molecule has 0 spiro atoms. The molecule has 0 fully saturated rings. The first-order valence-corrected chi connectivity index (χ1v) is 7.11. The Morgan fingerprint density at radius 3 is 2.72 bits per heavy atom. The van der Waals surface area contributed by atoms with Crippen molar-refractivity contribution in [2.24, 2.45) is 0 Å². The minimum atomic E-state index is -0.412. The average molecular weight is 261 g/mol. The molecular weight excluding hydrogens is 242 g/mol. The van der Waals surface area contributed by atoms with Crippen LogP contribution in [0.5, 0.6) is 0 Å². The zero-order valence-electron chi connectivity index (χ0n) is 10.8. The number of hydrogen-bond donors (Lipinski definition) is 1. The highest BCUT2D eigenvalue weighted by Crippen LogP contribution is 2.23. The molecule has 1 heterocycles. The Morgan fingerprint density at radius 1 is 1.28 bits per heavy atom. The Labute approximate surface area is 113 Å². The summed E-state index contributed by atoms with van der Waals surface area (Å²) in [6, 6.07) is 12.4. The third-order valence-corrected chi connectivity index (χ3v) is 3.99. The highest BCUT2D eigenvalue weighted by atomic mass is 32.1. The zero-order chi connectivity index (χ0) is 13.0. The van der Waals surface area contributed by atoms with Crippen LogP contribution in [0.1, 0.15) is 23.5 Å². The van der Waals surface area contributed by atoms with Crippen molar-refractivity contribution in [3.8, 4) is 0 Å². The second-order valence-electron chi connectivity index (χ2n) is 4.41. The second kappa shape index (κ2) is 6.03. The molecule has 0 aliphatic carbocycles. The van der Waals surface area contributed by atoms with E-state index >= 15 is 0 Å². The third-order valence-electron chi connectivity index (χ3n) is 3.01. The third kappa shape index (κ3) is 3.12. The number of aliphatic hydroxyl groups is 1. The number of aryl methyl sites for hydroxylation is 1. The number of nitrogens with zero attached hydrogens (tertiary/aromatic N) is 1. The molecule has 1 aromatic carbocycles. The molecule has 3 heteroatoms. The smallest absolute Gasteiger partial charge is 0.106 e. The van der Waals surface area contributed by atoms with Crippen LogP contribution in [0.2, 0.25) is 0 Å². The van der Waals surface area contributed by atoms with Crippen molar-refractivity contribution >= 4 is 17.0 Å². The number of benzene rings is 1. The van der Waals surface area contributed by atoms with Gasteiger partial charge in [0.05, 0.1) is 0 Å². The van der Waals surface area contributed by atoms with Crippen LogP contribution in [0, 0.1) is 6.92 Å². The normalized spacial score (nSPS) is 12.4. The maximum absolute atomic E-state index is 10.2. The van der Waals surface area contributed by atoms with E-state index < -0.39 is 6.10 Å². The lowest BCUT2D eigenvalue weighted by Crippen LogP contribution is -2.28. The molecule has 0 saturated carbocycles. The van der Waals surface area contributed by atoms with Crippen molar-refractivity contribution in [2.45, 2.75) is 20.0 Å². The lowest BCUT2D eigenvalue weighted by Gasteiger charge is -2.25. The molecule has 2 rings (SSSR count). The Bertz CT molecular complexity index is 481. The van der Waals surface area contributed by atoms with Crippen LogP contribution in [0.25, 0.3) is 0 Å². The molecule has 96 valence electrons. The molecule has 0 aliphatic heterocycles. The van der Waals surface area contributed by atoms with Crippen LogP contribution in [-0.2, 0) is 0 Å². The summed E-state index contributed by atoms with van der Waals surface area (Å²) < 4.78 is 0. The average Bonchev–Trinajstić information content (AvgIpc) is 2.89. The first kappa shape index (κ1) is 13.1. The molecular formula is C15H19NOS. The van der Waals surface area contributed by atoms with E-state index in [1.165, 1.54) is 11.3 Å². The minimum absolute atomic E-state index is 0.412. The molecule has 0 radical (unpaired) electrons. The first-order valence-electron chi connectivity index (χ1n) is 6.23. The predicted molar refractivity (Wildman–Crippen MR) is 78.3 cm³/mol. The van der Waals surface area contributed by atoms with Gasteiger partial charge in [-0.3, -0.25) is 0 Å². The van der Waals surface area contributed by atoms with Crippen molar-refractivity contribution in [1.29, 1.82) is 0 Å². The quantitative estimate of drug-likeness (QED) is 0.888. The Kier molecular flexibility index (Phi) is 4.39. The molecule has 1 unspecified atom stereocenters. The fourth-order valence-corrected chi connectivity index (χ4v) is 2.72. The monoisotopic (exact) mass is 261 g/mol. The van der Waals surface area contributed by atoms with E-state index in [4.69, 9.17) is 0 Å². The van der Waals surface area contributed by atoms with Crippen LogP contribution in [-0.4, -0.2) is 18.2 Å². The fraction of sp³-hybridized carbons (Fsp3) is 0.333. The summed E-state index contributed by atoms with van der Waals surface area (Å²) in [6.45, 7) is 5.74. The van der Waals surface area contributed by atoms with Gasteiger partial charge in [-0.25, -0.2) is 0 Å². The largest absolute Gasteiger partial charge is 0.386 e. The minimum Gasteiger partial charge on any atom is -0.386 e. The van der Waals surface area contributed by atoms with Gasteiger partial charge in [0, 0.05) is 23.7 Å². The number of anilines is 1. The van der Waals surface area contributed by atoms with Crippen molar-refractivity contribution < 1.29 is 5.11 Å². The summed E-state index contributed by atoms with van der Waals surface area (Å²) in [5, 5.41) is 12.2. The van der Waals surface area contributed by atoms with Crippen LogP contribution in [0.4, 0.5) is 5.69 Å². The lowest BCUT2D eigenvalue weighted by molar-refractivity contribution is 0.187. The Morgan fingerprint density at radius 2 is 2.11 bits per heavy atom. The predicted octanol–water partition coefficient (Wildman–Crippen LogP) is 3.62. The van der Waals surface area contributed by atoms with E-state index in [0.29, 0.717) is 6.54 Å². The number of hydrogen-bond acceptors (Lipinski definition) is 3. The van der Waals surface area contributed by atoms with E-state index in [-0.39, 0.29) is 0 Å². The van der Waals surface area contributed by atoms with Crippen molar-refractivity contribution in [1.82, 2.24) is 0 Å². The SMILES string of the molecule is CCN(CC(O)c1cccs1)c1cccc(C)c1. The topological polar surface area (TPSA) is 23.5 Å². The van der Waals surface area contributed by atoms with Gasteiger partial charge in [0.2, 0.25) is 0 Å². The van der Waals surface area contributed by atoms with Gasteiger partial charge in [-0.05, 0) is 43.0 Å². The van der Waals surface area contributed by atoms with Gasteiger partial charge in [0.15, 0.2) is 0 Å². The van der Waals surface area contributed by atoms with E-state index in [1.54, 1.807) is 11.3 Å². The van der Waals surface area contributed by atoms with Gasteiger partial charge in [0.1, 0.15) is 6.10 Å². The van der Waals surface area contributed by atoms with Gasteiger partial charge in [-0.15, -0.1) is 11.3 Å². The number of thiophene rings is 1. The Hall–Kier alpha value is -1.32. The van der Waals surface area contributed by atoms with Crippen LogP contribution < -0.4 is 4.90 Å². The molecule has 0 saturated heterocycles. The van der Waals surface area contributed by atoms with E-state index in [2.05, 4.69) is 43.0 Å². The second-order valence-corrected chi connectivity index (χ2v) is 5.39. The van der Waals surface area contributed by atoms with E-state index in [9.17, 15) is 5.11 Å². The van der Waals surface area contributed by atoms with Crippen LogP contribution in [0.15, 0.2) is 41.8 Å². The first-order chi connectivity index (χ1) is 8.70. The number of likely N-dealkylation sites (N-methyl/N-ethyl adjacent to an activating group) is 1. The maximum atomic E-state index is 10.2. The Balaban J connectivity index is 2.10. The van der Waals surface area contributed by atoms with E-state index in [0.717, 1.165) is 11.4 Å². The zero-order valence-corrected chi connectivity index (χ0v) is 11.7. The van der Waals surface area contributed by atoms with Crippen LogP contribution >= 0.6 is 11.3 Å². The summed E-state index contributed by atoms with van der Waals surface area (Å²) in [5.74, 6) is 0. The molecule has 1 aromatic heterocycles. The van der Waals surface area contributed by atoms with Gasteiger partial charge in [-0.1, -0.05) is 18.2 Å². The van der Waals surface area contributed by atoms with Gasteiger partial charge in [0.25, 0.3) is 0 Å². The fourth-order valence-electron chi connectivity index (χ4n) is 2.02. The maximum Gasteiger partial charge on any atom is 0.106 e. The molecule has 0 aliphatic rings. The lowest BCUT2D eigenvalue weighted by atomic mass is 10.2. The van der Waals surface area contributed by atoms with Crippen molar-refractivity contribution in [3.05, 3.63) is 52.2 Å². The molecule has 0 bridgehead atoms. The highest BCUT2D eigenvalue weighted by molar-refractivity contribution is 7.10. The molecule has 18 heavy (non-hydrogen) atoms. The summed E-state index contributed by atoms with van der Waals surface area (Å²) in [6.07, 6.45) is -0.412. The number of aliphatic hydroxyl groups excluding tert-OH is 1. The summed E-state index contributed by atoms with van der Waals surface area (Å²) in [4.78, 5) is 3.23. The molecule has 0 amide bonds. The van der Waals surface area contributed by atoms with E-state index in [1.807, 2.05) is 17.5 Å². The molecule has 2 nitrogen and oxygen atoms in total. The van der Waals surface area contributed by atoms with Gasteiger partial charge >= 0.3 is 0 Å². The summed E-state index contributed by atoms with van der Waals surface area (Å²) >= 11 is 1.61. The molecule has 1 N–H and O–H groups in total. The van der Waals surface area contributed by atoms with Gasteiger partial charge < -0.3 is 10.0 Å². The van der Waals surface area contributed by atoms with Crippen molar-refractivity contribution in [3.63, 3.8) is 0 Å². The van der Waals surface area contributed by atoms with Gasteiger partial charge in [-0.2, -0.15) is 0 Å². The summed E-state index contributed by atoms with van der Waals surface area (Å²) in [5.41, 5.74) is 2.42. The van der Waals surface area contributed by atoms with Crippen LogP contribution in [0.3, 0.4) is 0 Å². The summed E-state index contributed by atoms with van der Waals surface area (Å²) in [7, 11) is 0. The number of rotatable bonds is 5. The van der Waals surface area contributed by atoms with Crippen molar-refractivity contribution in [2.75, 3.05) is 18.0 Å².